The zero-order chi connectivity index (χ0) is 12.6. The molecule has 1 fully saturated rings. The van der Waals surface area contributed by atoms with Crippen molar-refractivity contribution in [2.75, 3.05) is 11.1 Å². The van der Waals surface area contributed by atoms with Crippen molar-refractivity contribution in [2.24, 2.45) is 11.1 Å². The van der Waals surface area contributed by atoms with Gasteiger partial charge in [-0.25, -0.2) is 13.6 Å². The summed E-state index contributed by atoms with van der Waals surface area (Å²) in [6.45, 7) is 2.20. The van der Waals surface area contributed by atoms with Gasteiger partial charge in [0.05, 0.1) is 16.3 Å². The molecule has 0 aromatic heterocycles. The number of hydrogen-bond donors (Lipinski definition) is 3. The summed E-state index contributed by atoms with van der Waals surface area (Å²) in [6.07, 6.45) is 2.24. The van der Waals surface area contributed by atoms with Gasteiger partial charge in [-0.3, -0.25) is 0 Å². The Labute approximate surface area is 101 Å². The second kappa shape index (κ2) is 4.19. The van der Waals surface area contributed by atoms with Crippen LogP contribution in [-0.4, -0.2) is 14.5 Å². The van der Waals surface area contributed by atoms with Gasteiger partial charge in [-0.15, -0.1) is 0 Å². The van der Waals surface area contributed by atoms with Crippen LogP contribution in [0.3, 0.4) is 0 Å². The Morgan fingerprint density at radius 1 is 1.35 bits per heavy atom. The van der Waals surface area contributed by atoms with Gasteiger partial charge in [-0.2, -0.15) is 0 Å². The Kier molecular flexibility index (Phi) is 3.01. The Morgan fingerprint density at radius 2 is 2.00 bits per heavy atom. The molecular weight excluding hydrogens is 238 g/mol. The summed E-state index contributed by atoms with van der Waals surface area (Å²) in [5, 5.41) is 8.32. The highest BCUT2D eigenvalue weighted by Crippen LogP contribution is 2.31. The number of anilines is 2. The van der Waals surface area contributed by atoms with Gasteiger partial charge in [0, 0.05) is 6.04 Å². The molecule has 0 heterocycles. The van der Waals surface area contributed by atoms with E-state index in [9.17, 15) is 8.42 Å². The zero-order valence-electron chi connectivity index (χ0n) is 9.68. The molecule has 1 aromatic rings. The number of nitrogens with two attached hydrogens (primary N) is 2. The highest BCUT2D eigenvalue weighted by atomic mass is 32.2. The molecule has 0 aliphatic heterocycles. The first-order valence-corrected chi connectivity index (χ1v) is 7.10. The van der Waals surface area contributed by atoms with Gasteiger partial charge in [0.1, 0.15) is 0 Å². The highest BCUT2D eigenvalue weighted by Gasteiger charge is 2.25. The molecule has 1 aliphatic rings. The van der Waals surface area contributed by atoms with Crippen molar-refractivity contribution in [3.63, 3.8) is 0 Å². The van der Waals surface area contributed by atoms with Crippen LogP contribution < -0.4 is 16.2 Å². The maximum atomic E-state index is 11.1. The zero-order valence-corrected chi connectivity index (χ0v) is 10.5. The van der Waals surface area contributed by atoms with Crippen LogP contribution in [0.1, 0.15) is 19.8 Å². The van der Waals surface area contributed by atoms with Crippen LogP contribution in [0.2, 0.25) is 0 Å². The maximum Gasteiger partial charge on any atom is 0.238 e. The molecular formula is C11H17N3O2S. The fraction of sp³-hybridized carbons (Fsp3) is 0.455. The normalized spacial score (nSPS) is 24.1. The van der Waals surface area contributed by atoms with E-state index in [1.807, 2.05) is 0 Å². The molecule has 0 radical (unpaired) electrons. The Morgan fingerprint density at radius 3 is 2.47 bits per heavy atom. The van der Waals surface area contributed by atoms with Crippen LogP contribution in [-0.2, 0) is 10.0 Å². The third-order valence-corrected chi connectivity index (χ3v) is 4.00. The van der Waals surface area contributed by atoms with E-state index in [4.69, 9.17) is 10.9 Å². The maximum absolute atomic E-state index is 11.1. The second-order valence-electron chi connectivity index (χ2n) is 4.71. The number of hydrogen-bond acceptors (Lipinski definition) is 4. The van der Waals surface area contributed by atoms with Gasteiger partial charge < -0.3 is 11.1 Å². The molecule has 0 spiro atoms. The molecule has 0 bridgehead atoms. The molecule has 6 heteroatoms. The van der Waals surface area contributed by atoms with Gasteiger partial charge in [0.2, 0.25) is 10.0 Å². The fourth-order valence-corrected chi connectivity index (χ4v) is 2.64. The third kappa shape index (κ3) is 2.70. The summed E-state index contributed by atoms with van der Waals surface area (Å²) in [5.41, 5.74) is 6.98. The summed E-state index contributed by atoms with van der Waals surface area (Å²) in [6, 6.07) is 4.96. The average molecular weight is 255 g/mol. The first-order valence-electron chi connectivity index (χ1n) is 5.55. The molecule has 0 saturated heterocycles. The molecule has 0 amide bonds. The highest BCUT2D eigenvalue weighted by molar-refractivity contribution is 7.89. The number of primary sulfonamides is 1. The Bertz CT molecular complexity index is 522. The Balaban J connectivity index is 2.15. The number of rotatable bonds is 3. The largest absolute Gasteiger partial charge is 0.397 e. The van der Waals surface area contributed by atoms with Crippen molar-refractivity contribution in [3.8, 4) is 0 Å². The van der Waals surface area contributed by atoms with Crippen molar-refractivity contribution in [1.29, 1.82) is 0 Å². The smallest absolute Gasteiger partial charge is 0.238 e. The van der Waals surface area contributed by atoms with Gasteiger partial charge in [-0.1, -0.05) is 6.92 Å². The van der Waals surface area contributed by atoms with E-state index < -0.39 is 10.0 Å². The van der Waals surface area contributed by atoms with E-state index in [0.717, 1.165) is 24.4 Å². The van der Waals surface area contributed by atoms with Gasteiger partial charge >= 0.3 is 0 Å². The molecule has 0 unspecified atom stereocenters. The van der Waals surface area contributed by atoms with Crippen molar-refractivity contribution in [2.45, 2.75) is 30.7 Å². The van der Waals surface area contributed by atoms with Gasteiger partial charge in [-0.05, 0) is 37.0 Å². The molecule has 1 aliphatic carbocycles. The minimum atomic E-state index is -3.68. The summed E-state index contributed by atoms with van der Waals surface area (Å²) in [7, 11) is -3.68. The predicted molar refractivity (Wildman–Crippen MR) is 68.0 cm³/mol. The molecule has 5 nitrogen and oxygen atoms in total. The van der Waals surface area contributed by atoms with E-state index in [2.05, 4.69) is 12.2 Å². The molecule has 1 aromatic carbocycles. The van der Waals surface area contributed by atoms with Crippen molar-refractivity contribution in [1.82, 2.24) is 0 Å². The van der Waals surface area contributed by atoms with Gasteiger partial charge in [0.15, 0.2) is 0 Å². The number of nitrogen functional groups attached to an aromatic ring is 1. The second-order valence-corrected chi connectivity index (χ2v) is 6.27. The lowest BCUT2D eigenvalue weighted by Crippen LogP contribution is -2.34. The van der Waals surface area contributed by atoms with E-state index in [1.54, 1.807) is 6.07 Å². The number of sulfonamides is 1. The van der Waals surface area contributed by atoms with E-state index in [1.165, 1.54) is 12.1 Å². The first kappa shape index (κ1) is 12.2. The lowest BCUT2D eigenvalue weighted by atomic mass is 9.82. The predicted octanol–water partition coefficient (Wildman–Crippen LogP) is 1.13. The lowest BCUT2D eigenvalue weighted by molar-refractivity contribution is 0.309. The van der Waals surface area contributed by atoms with E-state index in [0.29, 0.717) is 11.7 Å². The SMILES string of the molecule is CC1CC(Nc2ccc(S(N)(=O)=O)cc2N)C1. The monoisotopic (exact) mass is 255 g/mol. The summed E-state index contributed by atoms with van der Waals surface area (Å²) < 4.78 is 22.3. The van der Waals surface area contributed by atoms with Crippen LogP contribution in [0, 0.1) is 5.92 Å². The molecule has 17 heavy (non-hydrogen) atoms. The van der Waals surface area contributed by atoms with Crippen LogP contribution in [0.25, 0.3) is 0 Å². The minimum absolute atomic E-state index is 0.0440. The minimum Gasteiger partial charge on any atom is -0.397 e. The fourth-order valence-electron chi connectivity index (χ4n) is 2.09. The van der Waals surface area contributed by atoms with Crippen molar-refractivity contribution in [3.05, 3.63) is 18.2 Å². The molecule has 0 atom stereocenters. The lowest BCUT2D eigenvalue weighted by Gasteiger charge is -2.34. The van der Waals surface area contributed by atoms with E-state index >= 15 is 0 Å². The quantitative estimate of drug-likeness (QED) is 0.705. The summed E-state index contributed by atoms with van der Waals surface area (Å²) in [5.74, 6) is 0.748. The number of benzene rings is 1. The summed E-state index contributed by atoms with van der Waals surface area (Å²) >= 11 is 0. The van der Waals surface area contributed by atoms with Crippen LogP contribution in [0.15, 0.2) is 23.1 Å². The molecule has 5 N–H and O–H groups in total. The van der Waals surface area contributed by atoms with Crippen LogP contribution in [0.4, 0.5) is 11.4 Å². The molecule has 2 rings (SSSR count). The van der Waals surface area contributed by atoms with Crippen molar-refractivity contribution < 1.29 is 8.42 Å². The first-order chi connectivity index (χ1) is 7.86. The number of nitrogens with one attached hydrogen (secondary N) is 1. The van der Waals surface area contributed by atoms with E-state index in [-0.39, 0.29) is 4.90 Å². The standard InChI is InChI=1S/C11H17N3O2S/c1-7-4-8(5-7)14-11-3-2-9(6-10(11)12)17(13,15)16/h2-3,6-8,14H,4-5,12H2,1H3,(H2,13,15,16). The van der Waals surface area contributed by atoms with Crippen LogP contribution >= 0.6 is 0 Å². The Hall–Kier alpha value is -1.27. The van der Waals surface area contributed by atoms with Gasteiger partial charge in [0.25, 0.3) is 0 Å². The topological polar surface area (TPSA) is 98.2 Å². The molecule has 1 saturated carbocycles. The average Bonchev–Trinajstić information content (AvgIpc) is 2.16. The van der Waals surface area contributed by atoms with Crippen LogP contribution in [0.5, 0.6) is 0 Å². The summed E-state index contributed by atoms with van der Waals surface area (Å²) in [4.78, 5) is 0.0440. The molecule has 94 valence electrons. The van der Waals surface area contributed by atoms with Crippen molar-refractivity contribution >= 4 is 21.4 Å². The third-order valence-electron chi connectivity index (χ3n) is 3.08.